The van der Waals surface area contributed by atoms with Crippen LogP contribution in [0.1, 0.15) is 53.6 Å². The van der Waals surface area contributed by atoms with Crippen LogP contribution in [0.25, 0.3) is 11.4 Å². The van der Waals surface area contributed by atoms with Crippen molar-refractivity contribution in [3.63, 3.8) is 0 Å². The average molecular weight is 395 g/mol. The Morgan fingerprint density at radius 3 is 1.87 bits per heavy atom. The normalized spacial score (nSPS) is 12.1. The van der Waals surface area contributed by atoms with Gasteiger partial charge in [0.05, 0.1) is 11.6 Å². The number of aromatic amines is 1. The summed E-state index contributed by atoms with van der Waals surface area (Å²) in [4.78, 5) is 20.8. The van der Waals surface area contributed by atoms with Gasteiger partial charge in [-0.3, -0.25) is 4.79 Å². The van der Waals surface area contributed by atoms with Crippen LogP contribution in [0.15, 0.2) is 89.7 Å². The molecular weight excluding hydrogens is 368 g/mol. The summed E-state index contributed by atoms with van der Waals surface area (Å²) in [5.41, 5.74) is 5.79. The van der Waals surface area contributed by atoms with Crippen LogP contribution in [0, 0.1) is 6.92 Å². The lowest BCUT2D eigenvalue weighted by Crippen LogP contribution is -2.19. The van der Waals surface area contributed by atoms with E-state index < -0.39 is 0 Å². The molecule has 1 aromatic heterocycles. The predicted molar refractivity (Wildman–Crippen MR) is 123 cm³/mol. The largest absolute Gasteiger partial charge is 0.306 e. The van der Waals surface area contributed by atoms with E-state index in [1.165, 1.54) is 5.56 Å². The lowest BCUT2D eigenvalue weighted by Gasteiger charge is -2.21. The minimum Gasteiger partial charge on any atom is -0.306 e. The van der Waals surface area contributed by atoms with E-state index in [0.717, 1.165) is 22.4 Å². The molecule has 30 heavy (non-hydrogen) atoms. The summed E-state index contributed by atoms with van der Waals surface area (Å²) in [5.74, 6) is 0.955. The molecule has 4 rings (SSSR count). The summed E-state index contributed by atoms with van der Waals surface area (Å²) in [5, 5.41) is 0. The number of H-pyrrole nitrogens is 1. The monoisotopic (exact) mass is 394 g/mol. The molecule has 0 bridgehead atoms. The van der Waals surface area contributed by atoms with Crippen LogP contribution in [-0.2, 0) is 0 Å². The van der Waals surface area contributed by atoms with Crippen LogP contribution < -0.4 is 5.56 Å². The molecule has 0 saturated carbocycles. The molecule has 3 heteroatoms. The predicted octanol–water partition coefficient (Wildman–Crippen LogP) is 6.05. The van der Waals surface area contributed by atoms with Gasteiger partial charge in [-0.25, -0.2) is 4.98 Å². The summed E-state index contributed by atoms with van der Waals surface area (Å²) in [6.45, 7) is 6.24. The van der Waals surface area contributed by atoms with E-state index in [1.807, 2.05) is 55.5 Å². The van der Waals surface area contributed by atoms with Crippen molar-refractivity contribution in [2.45, 2.75) is 32.6 Å². The molecular formula is C27H26N2O. The van der Waals surface area contributed by atoms with Crippen LogP contribution >= 0.6 is 0 Å². The Balaban J connectivity index is 1.91. The summed E-state index contributed by atoms with van der Waals surface area (Å²) in [6.07, 6.45) is 0. The lowest BCUT2D eigenvalue weighted by molar-refractivity contribution is 0.853. The second-order valence-electron chi connectivity index (χ2n) is 7.96. The van der Waals surface area contributed by atoms with E-state index in [9.17, 15) is 4.79 Å². The fourth-order valence-electron chi connectivity index (χ4n) is 3.79. The first-order valence-corrected chi connectivity index (χ1v) is 10.4. The Kier molecular flexibility index (Phi) is 5.62. The molecule has 4 aromatic rings. The van der Waals surface area contributed by atoms with E-state index >= 15 is 0 Å². The molecule has 0 aliphatic carbocycles. The zero-order valence-corrected chi connectivity index (χ0v) is 17.6. The minimum atomic E-state index is -0.114. The standard InChI is InChI=1S/C27H26N2O/c1-18(2)20-14-16-22(17-15-20)24(21-10-6-4-7-11-21)25-19(3)27(30)29-26(28-25)23-12-8-5-9-13-23/h4-18,24H,1-3H3,(H,28,29,30). The van der Waals surface area contributed by atoms with Crippen molar-refractivity contribution < 1.29 is 0 Å². The van der Waals surface area contributed by atoms with Crippen molar-refractivity contribution in [3.8, 4) is 11.4 Å². The number of rotatable bonds is 5. The van der Waals surface area contributed by atoms with Crippen molar-refractivity contribution in [2.24, 2.45) is 0 Å². The highest BCUT2D eigenvalue weighted by atomic mass is 16.1. The second kappa shape index (κ2) is 8.50. The molecule has 0 spiro atoms. The molecule has 150 valence electrons. The molecule has 3 aromatic carbocycles. The van der Waals surface area contributed by atoms with E-state index in [1.54, 1.807) is 0 Å². The molecule has 0 aliphatic heterocycles. The van der Waals surface area contributed by atoms with Crippen LogP contribution in [-0.4, -0.2) is 9.97 Å². The fraction of sp³-hybridized carbons (Fsp3) is 0.185. The summed E-state index contributed by atoms with van der Waals surface area (Å²) >= 11 is 0. The zero-order valence-electron chi connectivity index (χ0n) is 17.6. The van der Waals surface area contributed by atoms with E-state index in [2.05, 4.69) is 55.2 Å². The van der Waals surface area contributed by atoms with E-state index in [4.69, 9.17) is 4.98 Å². The van der Waals surface area contributed by atoms with Gasteiger partial charge in [-0.15, -0.1) is 0 Å². The van der Waals surface area contributed by atoms with Crippen molar-refractivity contribution in [3.05, 3.63) is 123 Å². The Labute approximate surface area is 177 Å². The van der Waals surface area contributed by atoms with Crippen LogP contribution in [0.5, 0.6) is 0 Å². The van der Waals surface area contributed by atoms with Gasteiger partial charge in [-0.1, -0.05) is 98.8 Å². The Bertz CT molecular complexity index is 1180. The van der Waals surface area contributed by atoms with Crippen LogP contribution in [0.4, 0.5) is 0 Å². The van der Waals surface area contributed by atoms with Gasteiger partial charge >= 0.3 is 0 Å². The third-order valence-electron chi connectivity index (χ3n) is 5.58. The maximum absolute atomic E-state index is 12.8. The minimum absolute atomic E-state index is 0.0985. The SMILES string of the molecule is Cc1c(C(c2ccccc2)c2ccc(C(C)C)cc2)nc(-c2ccccc2)[nH]c1=O. The van der Waals surface area contributed by atoms with Gasteiger partial charge in [0.1, 0.15) is 5.82 Å². The first-order chi connectivity index (χ1) is 14.5. The molecule has 1 unspecified atom stereocenters. The summed E-state index contributed by atoms with van der Waals surface area (Å²) in [7, 11) is 0. The van der Waals surface area contributed by atoms with Gasteiger partial charge in [0.25, 0.3) is 5.56 Å². The zero-order chi connectivity index (χ0) is 21.1. The summed E-state index contributed by atoms with van der Waals surface area (Å²) < 4.78 is 0. The van der Waals surface area contributed by atoms with Crippen molar-refractivity contribution in [1.82, 2.24) is 9.97 Å². The first kappa shape index (κ1) is 19.8. The summed E-state index contributed by atoms with van der Waals surface area (Å²) in [6, 6.07) is 28.8. The van der Waals surface area contributed by atoms with Gasteiger partial charge in [0.2, 0.25) is 0 Å². The smallest absolute Gasteiger partial charge is 0.254 e. The molecule has 1 atom stereocenters. The number of hydrogen-bond donors (Lipinski definition) is 1. The number of aromatic nitrogens is 2. The molecule has 0 radical (unpaired) electrons. The Morgan fingerprint density at radius 2 is 1.27 bits per heavy atom. The van der Waals surface area contributed by atoms with E-state index in [-0.39, 0.29) is 11.5 Å². The van der Waals surface area contributed by atoms with Crippen LogP contribution in [0.3, 0.4) is 0 Å². The molecule has 3 nitrogen and oxygen atoms in total. The second-order valence-corrected chi connectivity index (χ2v) is 7.96. The molecule has 1 N–H and O–H groups in total. The molecule has 0 fully saturated rings. The van der Waals surface area contributed by atoms with Crippen molar-refractivity contribution in [2.75, 3.05) is 0 Å². The lowest BCUT2D eigenvalue weighted by atomic mass is 9.85. The molecule has 0 aliphatic rings. The third-order valence-corrected chi connectivity index (χ3v) is 5.58. The van der Waals surface area contributed by atoms with Crippen LogP contribution in [0.2, 0.25) is 0 Å². The highest BCUT2D eigenvalue weighted by Crippen LogP contribution is 2.33. The highest BCUT2D eigenvalue weighted by molar-refractivity contribution is 5.56. The number of nitrogens with zero attached hydrogens (tertiary/aromatic N) is 1. The average Bonchev–Trinajstić information content (AvgIpc) is 2.78. The quantitative estimate of drug-likeness (QED) is 0.448. The van der Waals surface area contributed by atoms with Crippen molar-refractivity contribution in [1.29, 1.82) is 0 Å². The van der Waals surface area contributed by atoms with Crippen molar-refractivity contribution >= 4 is 0 Å². The Hall–Kier alpha value is -3.46. The molecule has 0 saturated heterocycles. The number of hydrogen-bond acceptors (Lipinski definition) is 2. The molecule has 1 heterocycles. The third kappa shape index (κ3) is 3.97. The highest BCUT2D eigenvalue weighted by Gasteiger charge is 2.23. The number of nitrogens with one attached hydrogen (secondary N) is 1. The van der Waals surface area contributed by atoms with Gasteiger partial charge in [-0.05, 0) is 29.5 Å². The topological polar surface area (TPSA) is 45.8 Å². The van der Waals surface area contributed by atoms with Gasteiger partial charge in [-0.2, -0.15) is 0 Å². The van der Waals surface area contributed by atoms with E-state index in [0.29, 0.717) is 17.3 Å². The maximum Gasteiger partial charge on any atom is 0.254 e. The van der Waals surface area contributed by atoms with Gasteiger partial charge < -0.3 is 4.98 Å². The maximum atomic E-state index is 12.8. The first-order valence-electron chi connectivity index (χ1n) is 10.4. The van der Waals surface area contributed by atoms with Gasteiger partial charge in [0, 0.05) is 11.1 Å². The van der Waals surface area contributed by atoms with Gasteiger partial charge in [0.15, 0.2) is 0 Å². The fourth-order valence-corrected chi connectivity index (χ4v) is 3.79. The molecule has 0 amide bonds. The number of benzene rings is 3. The Morgan fingerprint density at radius 1 is 0.733 bits per heavy atom.